The summed E-state index contributed by atoms with van der Waals surface area (Å²) in [4.78, 5) is 85.4. The van der Waals surface area contributed by atoms with Gasteiger partial charge in [0.15, 0.2) is 5.82 Å². The third-order valence-electron chi connectivity index (χ3n) is 14.2. The zero-order chi connectivity index (χ0) is 54.2. The molecule has 0 saturated carbocycles. The van der Waals surface area contributed by atoms with Crippen molar-refractivity contribution in [2.45, 2.75) is 71.6 Å². The van der Waals surface area contributed by atoms with Crippen LogP contribution in [0.4, 0.5) is 0 Å². The average molecular weight is 1050 g/mol. The number of aromatic amines is 1. The highest BCUT2D eigenvalue weighted by Gasteiger charge is 2.30. The van der Waals surface area contributed by atoms with Crippen LogP contribution in [0.2, 0.25) is 0 Å². The second kappa shape index (κ2) is 20.8. The lowest BCUT2D eigenvalue weighted by Gasteiger charge is -2.16. The Morgan fingerprint density at radius 2 is 1.33 bits per heavy atom. The lowest BCUT2D eigenvalue weighted by molar-refractivity contribution is 0.0694. The van der Waals surface area contributed by atoms with E-state index in [2.05, 4.69) is 72.6 Å². The van der Waals surface area contributed by atoms with Crippen molar-refractivity contribution in [3.63, 3.8) is 0 Å². The van der Waals surface area contributed by atoms with Crippen molar-refractivity contribution in [2.75, 3.05) is 7.11 Å². The number of aryl methyl sites for hydroxylation is 3. The summed E-state index contributed by atoms with van der Waals surface area (Å²) >= 11 is 0. The molecule has 2 atom stereocenters. The Morgan fingerprint density at radius 3 is 1.97 bits per heavy atom. The van der Waals surface area contributed by atoms with E-state index in [0.717, 1.165) is 74.1 Å². The van der Waals surface area contributed by atoms with Gasteiger partial charge in [0.1, 0.15) is 58.9 Å². The molecule has 23 nitrogen and oxygen atoms in total. The largest absolute Gasteiger partial charge is 0.497 e. The van der Waals surface area contributed by atoms with Crippen LogP contribution in [0, 0.1) is 20.8 Å². The van der Waals surface area contributed by atoms with Gasteiger partial charge in [0.05, 0.1) is 24.8 Å². The van der Waals surface area contributed by atoms with E-state index in [1.165, 1.54) is 40.1 Å². The minimum absolute atomic E-state index is 0.0378. The summed E-state index contributed by atoms with van der Waals surface area (Å²) in [6.45, 7) is 6.22. The molecule has 0 radical (unpaired) electrons. The first kappa shape index (κ1) is 50.0. The molecule has 2 aliphatic carbocycles. The van der Waals surface area contributed by atoms with Gasteiger partial charge in [-0.1, -0.05) is 36.4 Å². The number of benzene rings is 4. The molecule has 6 N–H and O–H groups in total. The van der Waals surface area contributed by atoms with Crippen LogP contribution in [0.15, 0.2) is 108 Å². The van der Waals surface area contributed by atoms with Gasteiger partial charge in [0, 0.05) is 36.2 Å². The van der Waals surface area contributed by atoms with Gasteiger partial charge in [0.25, 0.3) is 35.2 Å². The highest BCUT2D eigenvalue weighted by Crippen LogP contribution is 2.36. The van der Waals surface area contributed by atoms with Crippen LogP contribution in [0.5, 0.6) is 5.75 Å². The number of furan rings is 1. The Bertz CT molecular complexity index is 4010. The number of rotatable bonds is 13. The quantitative estimate of drug-likeness (QED) is 0.0759. The molecular formula is C55H49N15O8. The molecule has 6 aromatic heterocycles. The SMILES string of the molecule is COc1cccc(CNC(=O)c2cc(C(=O)N[C@H]3CCc4cc(-c5ncn[nH]5)ccc43)n3ncnc3n2)c1.Cc1oc2ccc(CNC(=O)c3cc(C(=O)N[C@H]4CCc5c4ccc(C(=O)O)c5C)n4ncnc4n3)cc2c1C. The molecule has 78 heavy (non-hydrogen) atoms. The predicted octanol–water partition coefficient (Wildman–Crippen LogP) is 6.11. The fraction of sp³-hybridized carbons (Fsp3) is 0.218. The number of carbonyl (C=O) groups is 5. The van der Waals surface area contributed by atoms with Crippen LogP contribution in [-0.2, 0) is 25.9 Å². The van der Waals surface area contributed by atoms with E-state index in [4.69, 9.17) is 9.15 Å². The van der Waals surface area contributed by atoms with Crippen LogP contribution in [0.3, 0.4) is 0 Å². The Morgan fingerprint density at radius 1 is 0.692 bits per heavy atom. The number of fused-ring (bicyclic) bond motifs is 5. The molecule has 10 aromatic rings. The van der Waals surface area contributed by atoms with E-state index in [1.807, 2.05) is 68.4 Å². The molecule has 0 spiro atoms. The van der Waals surface area contributed by atoms with E-state index < -0.39 is 23.7 Å². The number of aromatic nitrogens is 11. The number of ether oxygens (including phenoxy) is 1. The maximum atomic E-state index is 13.4. The van der Waals surface area contributed by atoms with Crippen molar-refractivity contribution >= 4 is 52.1 Å². The molecule has 0 aliphatic heterocycles. The van der Waals surface area contributed by atoms with Crippen LogP contribution in [0.25, 0.3) is 33.9 Å². The number of carboxylic acid groups (broad SMARTS) is 1. The molecule has 4 amide bonds. The maximum Gasteiger partial charge on any atom is 0.335 e. The van der Waals surface area contributed by atoms with Gasteiger partial charge in [-0.3, -0.25) is 24.3 Å². The van der Waals surface area contributed by atoms with Crippen molar-refractivity contribution in [2.24, 2.45) is 0 Å². The van der Waals surface area contributed by atoms with Gasteiger partial charge in [0.2, 0.25) is 0 Å². The number of hydrogen-bond donors (Lipinski definition) is 6. The Hall–Kier alpha value is -10.2. The molecule has 0 unspecified atom stereocenters. The molecule has 2 aliphatic rings. The highest BCUT2D eigenvalue weighted by atomic mass is 16.5. The normalized spacial score (nSPS) is 14.4. The van der Waals surface area contributed by atoms with Crippen LogP contribution >= 0.6 is 0 Å². The average Bonchev–Trinajstić information content (AvgIpc) is 4.38. The van der Waals surface area contributed by atoms with Crippen LogP contribution in [-0.4, -0.2) is 96.2 Å². The van der Waals surface area contributed by atoms with E-state index in [0.29, 0.717) is 30.0 Å². The van der Waals surface area contributed by atoms with Crippen molar-refractivity contribution in [1.29, 1.82) is 0 Å². The number of amides is 4. The number of carboxylic acids is 1. The minimum Gasteiger partial charge on any atom is -0.497 e. The summed E-state index contributed by atoms with van der Waals surface area (Å²) in [5, 5.41) is 37.3. The molecule has 0 saturated heterocycles. The summed E-state index contributed by atoms with van der Waals surface area (Å²) in [6.07, 6.45) is 6.89. The lowest BCUT2D eigenvalue weighted by Crippen LogP contribution is -2.30. The number of aromatic carboxylic acids is 1. The second-order valence-corrected chi connectivity index (χ2v) is 18.8. The van der Waals surface area contributed by atoms with Crippen molar-refractivity contribution < 1.29 is 38.2 Å². The molecule has 392 valence electrons. The molecular weight excluding hydrogens is 999 g/mol. The summed E-state index contributed by atoms with van der Waals surface area (Å²) in [7, 11) is 1.59. The molecule has 4 aromatic carbocycles. The second-order valence-electron chi connectivity index (χ2n) is 18.8. The zero-order valence-electron chi connectivity index (χ0n) is 42.5. The number of nitrogens with one attached hydrogen (secondary N) is 5. The van der Waals surface area contributed by atoms with Gasteiger partial charge >= 0.3 is 5.97 Å². The zero-order valence-corrected chi connectivity index (χ0v) is 42.5. The molecule has 0 bridgehead atoms. The maximum absolute atomic E-state index is 13.4. The summed E-state index contributed by atoms with van der Waals surface area (Å²) in [5.74, 6) is -0.149. The standard InChI is InChI=1S/C29H26N6O5.C26H23N9O3/c1-14-16(3)40-25-9-4-17(10-21(14)25)12-30-26(36)23-11-24(35-29(34-23)31-13-32-35)27(37)33-22-8-7-18-15(2)19(28(38)39)5-6-20(18)22;1-38-18-4-2-3-15(9-18)12-27-24(36)21-11-22(35-26(33-21)29-14-31-35)25(37)32-20-8-6-16-10-17(5-7-19(16)20)23-28-13-30-34-23/h4-6,9-11,13,22H,7-8,12H2,1-3H3,(H,30,36)(H,33,37)(H,38,39);2-5,7,9-11,13-14,20H,6,8,12H2,1H3,(H,27,36)(H,32,37)(H,28,30,34)/t22-;20-/m00/s1. The van der Waals surface area contributed by atoms with E-state index >= 15 is 0 Å². The molecule has 23 heteroatoms. The Labute approximate surface area is 442 Å². The Kier molecular flexibility index (Phi) is 13.4. The number of methoxy groups -OCH3 is 1. The highest BCUT2D eigenvalue weighted by molar-refractivity contribution is 5.99. The van der Waals surface area contributed by atoms with Gasteiger partial charge < -0.3 is 35.5 Å². The molecule has 12 rings (SSSR count). The monoisotopic (exact) mass is 1050 g/mol. The Balaban J connectivity index is 0.000000166. The number of H-pyrrole nitrogens is 1. The predicted molar refractivity (Wildman–Crippen MR) is 280 cm³/mol. The van der Waals surface area contributed by atoms with E-state index in [-0.39, 0.29) is 71.0 Å². The summed E-state index contributed by atoms with van der Waals surface area (Å²) < 4.78 is 13.6. The lowest BCUT2D eigenvalue weighted by atomic mass is 9.98. The first-order chi connectivity index (χ1) is 37.8. The smallest absolute Gasteiger partial charge is 0.335 e. The van der Waals surface area contributed by atoms with Crippen molar-refractivity contribution in [1.82, 2.24) is 75.6 Å². The van der Waals surface area contributed by atoms with Gasteiger partial charge in [-0.15, -0.1) is 0 Å². The minimum atomic E-state index is -0.976. The number of hydrogen-bond acceptors (Lipinski definition) is 15. The van der Waals surface area contributed by atoms with E-state index in [1.54, 1.807) is 26.2 Å². The summed E-state index contributed by atoms with van der Waals surface area (Å²) in [5.41, 5.74) is 9.92. The number of nitrogens with zero attached hydrogens (tertiary/aromatic N) is 10. The van der Waals surface area contributed by atoms with E-state index in [9.17, 15) is 29.1 Å². The van der Waals surface area contributed by atoms with Gasteiger partial charge in [-0.05, 0) is 127 Å². The first-order valence-corrected chi connectivity index (χ1v) is 24.9. The molecule has 0 fully saturated rings. The third-order valence-corrected chi connectivity index (χ3v) is 14.2. The fourth-order valence-corrected chi connectivity index (χ4v) is 9.99. The van der Waals surface area contributed by atoms with Crippen molar-refractivity contribution in [3.8, 4) is 17.1 Å². The third kappa shape index (κ3) is 9.82. The van der Waals surface area contributed by atoms with Gasteiger partial charge in [-0.2, -0.15) is 34.3 Å². The molecule has 6 heterocycles. The summed E-state index contributed by atoms with van der Waals surface area (Å²) in [6, 6.07) is 24.8. The van der Waals surface area contributed by atoms with Crippen molar-refractivity contribution in [3.05, 3.63) is 183 Å². The first-order valence-electron chi connectivity index (χ1n) is 24.9. The van der Waals surface area contributed by atoms with Crippen LogP contribution in [0.1, 0.15) is 128 Å². The topological polar surface area (TPSA) is 304 Å². The fourth-order valence-electron chi connectivity index (χ4n) is 9.99. The van der Waals surface area contributed by atoms with Gasteiger partial charge in [-0.25, -0.2) is 19.7 Å². The number of carbonyl (C=O) groups excluding carboxylic acids is 4. The van der Waals surface area contributed by atoms with Crippen LogP contribution < -0.4 is 26.0 Å².